The lowest BCUT2D eigenvalue weighted by Crippen LogP contribution is -2.23. The van der Waals surface area contributed by atoms with Crippen LogP contribution in [-0.2, 0) is 23.7 Å². The molecule has 13 heteroatoms. The summed E-state index contributed by atoms with van der Waals surface area (Å²) in [6, 6.07) is 8.54. The Labute approximate surface area is 202 Å². The molecule has 1 heterocycles. The van der Waals surface area contributed by atoms with E-state index in [0.717, 1.165) is 22.8 Å². The standard InChI is InChI=1S/C23H23F6N5O2/c1-4-33(2)14-30-16-8-9-19-20(11-16)34(21(31-19)23(27,28)29)12-17(32-35-3)13-36-18-7-5-6-15(10-18)22(24,25)26/h5-11,14H,4,12-13H2,1-3H3. The summed E-state index contributed by atoms with van der Waals surface area (Å²) in [4.78, 5) is 14.5. The summed E-state index contributed by atoms with van der Waals surface area (Å²) in [6.45, 7) is 1.73. The van der Waals surface area contributed by atoms with Gasteiger partial charge in [0, 0.05) is 13.6 Å². The lowest BCUT2D eigenvalue weighted by atomic mass is 10.2. The Morgan fingerprint density at radius 1 is 1.08 bits per heavy atom. The van der Waals surface area contributed by atoms with Gasteiger partial charge in [-0.15, -0.1) is 0 Å². The van der Waals surface area contributed by atoms with Gasteiger partial charge < -0.3 is 19.0 Å². The van der Waals surface area contributed by atoms with Gasteiger partial charge in [-0.1, -0.05) is 11.2 Å². The summed E-state index contributed by atoms with van der Waals surface area (Å²) in [7, 11) is 2.99. The molecule has 0 unspecified atom stereocenters. The summed E-state index contributed by atoms with van der Waals surface area (Å²) >= 11 is 0. The van der Waals surface area contributed by atoms with E-state index < -0.39 is 36.9 Å². The van der Waals surface area contributed by atoms with Crippen molar-refractivity contribution in [1.29, 1.82) is 0 Å². The monoisotopic (exact) mass is 515 g/mol. The third kappa shape index (κ3) is 6.67. The van der Waals surface area contributed by atoms with Gasteiger partial charge in [-0.2, -0.15) is 26.3 Å². The van der Waals surface area contributed by atoms with Gasteiger partial charge in [0.05, 0.1) is 35.2 Å². The van der Waals surface area contributed by atoms with Crippen molar-refractivity contribution in [2.75, 3.05) is 27.3 Å². The van der Waals surface area contributed by atoms with Gasteiger partial charge in [0.25, 0.3) is 0 Å². The molecule has 3 aromatic rings. The molecule has 0 spiro atoms. The van der Waals surface area contributed by atoms with E-state index in [0.29, 0.717) is 12.2 Å². The molecule has 194 valence electrons. The highest BCUT2D eigenvalue weighted by Gasteiger charge is 2.38. The minimum absolute atomic E-state index is 0.0145. The van der Waals surface area contributed by atoms with Crippen LogP contribution in [0.3, 0.4) is 0 Å². The summed E-state index contributed by atoms with van der Waals surface area (Å²) in [5.74, 6) is -1.30. The van der Waals surface area contributed by atoms with Crippen molar-refractivity contribution in [3.63, 3.8) is 0 Å². The van der Waals surface area contributed by atoms with Crippen molar-refractivity contribution in [2.45, 2.75) is 25.8 Å². The van der Waals surface area contributed by atoms with E-state index in [1.54, 1.807) is 24.4 Å². The first-order valence-electron chi connectivity index (χ1n) is 10.6. The normalized spacial score (nSPS) is 13.0. The van der Waals surface area contributed by atoms with E-state index in [1.165, 1.54) is 25.3 Å². The predicted molar refractivity (Wildman–Crippen MR) is 123 cm³/mol. The summed E-state index contributed by atoms with van der Waals surface area (Å²) < 4.78 is 86.6. The first-order valence-corrected chi connectivity index (χ1v) is 10.6. The first kappa shape index (κ1) is 26.8. The molecule has 36 heavy (non-hydrogen) atoms. The molecule has 7 nitrogen and oxygen atoms in total. The van der Waals surface area contributed by atoms with Crippen molar-refractivity contribution in [2.24, 2.45) is 10.1 Å². The number of benzene rings is 2. The highest BCUT2D eigenvalue weighted by Crippen LogP contribution is 2.33. The zero-order valence-electron chi connectivity index (χ0n) is 19.6. The summed E-state index contributed by atoms with van der Waals surface area (Å²) in [6.07, 6.45) is -7.81. The minimum atomic E-state index is -4.79. The minimum Gasteiger partial charge on any atom is -0.487 e. The molecule has 0 N–H and O–H groups in total. The second-order valence-corrected chi connectivity index (χ2v) is 7.66. The molecule has 0 fully saturated rings. The topological polar surface area (TPSA) is 64.2 Å². The van der Waals surface area contributed by atoms with Crippen LogP contribution in [0, 0.1) is 0 Å². The molecule has 0 bridgehead atoms. The Morgan fingerprint density at radius 2 is 1.83 bits per heavy atom. The van der Waals surface area contributed by atoms with Crippen molar-refractivity contribution in [3.05, 3.63) is 53.9 Å². The molecule has 0 aliphatic carbocycles. The van der Waals surface area contributed by atoms with Crippen molar-refractivity contribution in [1.82, 2.24) is 14.5 Å². The van der Waals surface area contributed by atoms with Crippen LogP contribution < -0.4 is 4.74 Å². The fraction of sp³-hybridized carbons (Fsp3) is 0.348. The lowest BCUT2D eigenvalue weighted by molar-refractivity contribution is -0.146. The third-order valence-electron chi connectivity index (χ3n) is 5.02. The van der Waals surface area contributed by atoms with Crippen LogP contribution in [0.5, 0.6) is 5.75 Å². The van der Waals surface area contributed by atoms with Crippen LogP contribution in [0.25, 0.3) is 11.0 Å². The van der Waals surface area contributed by atoms with Gasteiger partial charge in [-0.25, -0.2) is 9.98 Å². The van der Waals surface area contributed by atoms with Crippen molar-refractivity contribution in [3.8, 4) is 5.75 Å². The van der Waals surface area contributed by atoms with Crippen LogP contribution >= 0.6 is 0 Å². The molecule has 0 saturated heterocycles. The number of hydrogen-bond acceptors (Lipinski definition) is 5. The van der Waals surface area contributed by atoms with E-state index in [4.69, 9.17) is 9.57 Å². The fourth-order valence-corrected chi connectivity index (χ4v) is 3.16. The van der Waals surface area contributed by atoms with E-state index in [-0.39, 0.29) is 22.5 Å². The molecular weight excluding hydrogens is 492 g/mol. The maximum absolute atomic E-state index is 13.8. The molecule has 0 amide bonds. The molecule has 0 radical (unpaired) electrons. The van der Waals surface area contributed by atoms with Gasteiger partial charge in [0.2, 0.25) is 5.82 Å². The van der Waals surface area contributed by atoms with Crippen LogP contribution in [0.4, 0.5) is 32.0 Å². The van der Waals surface area contributed by atoms with Crippen LogP contribution in [-0.4, -0.2) is 53.8 Å². The Hall–Kier alpha value is -3.77. The molecule has 3 rings (SSSR count). The first-order chi connectivity index (χ1) is 16.9. The molecule has 2 aromatic carbocycles. The second kappa shape index (κ2) is 10.9. The number of aliphatic imine (C=N–C) groups is 1. The maximum atomic E-state index is 13.8. The summed E-state index contributed by atoms with van der Waals surface area (Å²) in [5, 5.41) is 3.73. The van der Waals surface area contributed by atoms with Crippen LogP contribution in [0.2, 0.25) is 0 Å². The van der Waals surface area contributed by atoms with E-state index in [9.17, 15) is 26.3 Å². The number of nitrogens with zero attached hydrogens (tertiary/aromatic N) is 5. The van der Waals surface area contributed by atoms with E-state index in [2.05, 4.69) is 15.1 Å². The predicted octanol–water partition coefficient (Wildman–Crippen LogP) is 5.77. The molecule has 0 aliphatic rings. The zero-order chi connectivity index (χ0) is 26.5. The average molecular weight is 515 g/mol. The third-order valence-corrected chi connectivity index (χ3v) is 5.02. The average Bonchev–Trinajstić information content (AvgIpc) is 3.19. The van der Waals surface area contributed by atoms with Crippen LogP contribution in [0.1, 0.15) is 18.3 Å². The Balaban J connectivity index is 1.94. The number of imidazole rings is 1. The highest BCUT2D eigenvalue weighted by molar-refractivity contribution is 5.88. The Bertz CT molecular complexity index is 1250. The van der Waals surface area contributed by atoms with Crippen LogP contribution in [0.15, 0.2) is 52.6 Å². The Morgan fingerprint density at radius 3 is 2.47 bits per heavy atom. The number of rotatable bonds is 9. The Kier molecular flexibility index (Phi) is 8.10. The number of fused-ring (bicyclic) bond motifs is 1. The molecule has 0 saturated carbocycles. The molecule has 0 aliphatic heterocycles. The lowest BCUT2D eigenvalue weighted by Gasteiger charge is -2.14. The number of hydrogen-bond donors (Lipinski definition) is 0. The number of ether oxygens (including phenoxy) is 1. The largest absolute Gasteiger partial charge is 0.487 e. The number of oxime groups is 1. The van der Waals surface area contributed by atoms with E-state index in [1.807, 2.05) is 6.92 Å². The van der Waals surface area contributed by atoms with Crippen molar-refractivity contribution < 1.29 is 35.9 Å². The van der Waals surface area contributed by atoms with Gasteiger partial charge in [-0.3, -0.25) is 0 Å². The highest BCUT2D eigenvalue weighted by atomic mass is 19.4. The maximum Gasteiger partial charge on any atom is 0.449 e. The molecular formula is C23H23F6N5O2. The SMILES string of the molecule is CCN(C)C=Nc1ccc2nc(C(F)(F)F)n(CC(COc3cccc(C(F)(F)F)c3)=NOC)c2c1. The van der Waals surface area contributed by atoms with Gasteiger partial charge >= 0.3 is 12.4 Å². The fourth-order valence-electron chi connectivity index (χ4n) is 3.16. The second-order valence-electron chi connectivity index (χ2n) is 7.66. The number of alkyl halides is 6. The zero-order valence-corrected chi connectivity index (χ0v) is 19.6. The quantitative estimate of drug-likeness (QED) is 0.157. The van der Waals surface area contributed by atoms with Gasteiger partial charge in [0.15, 0.2) is 0 Å². The van der Waals surface area contributed by atoms with E-state index >= 15 is 0 Å². The number of aromatic nitrogens is 2. The molecule has 1 aromatic heterocycles. The summed E-state index contributed by atoms with van der Waals surface area (Å²) in [5.41, 5.74) is -0.311. The number of halogens is 6. The van der Waals surface area contributed by atoms with Gasteiger partial charge in [0.1, 0.15) is 25.2 Å². The van der Waals surface area contributed by atoms with Crippen molar-refractivity contribution >= 4 is 28.8 Å². The smallest absolute Gasteiger partial charge is 0.449 e. The molecule has 0 atom stereocenters. The van der Waals surface area contributed by atoms with Gasteiger partial charge in [-0.05, 0) is 43.3 Å².